The minimum absolute atomic E-state index is 0.0423. The molecule has 110 valence electrons. The van der Waals surface area contributed by atoms with Gasteiger partial charge in [-0.3, -0.25) is 4.72 Å². The predicted molar refractivity (Wildman–Crippen MR) is 84.3 cm³/mol. The number of hydrogen-bond acceptors (Lipinski definition) is 3. The van der Waals surface area contributed by atoms with Gasteiger partial charge < -0.3 is 5.73 Å². The lowest BCUT2D eigenvalue weighted by Gasteiger charge is -2.13. The molecule has 2 aromatic carbocycles. The van der Waals surface area contributed by atoms with Crippen LogP contribution in [0.4, 0.5) is 10.1 Å². The van der Waals surface area contributed by atoms with Crippen LogP contribution >= 0.6 is 12.2 Å². The highest BCUT2D eigenvalue weighted by Gasteiger charge is 2.17. The van der Waals surface area contributed by atoms with E-state index >= 15 is 0 Å². The van der Waals surface area contributed by atoms with Crippen LogP contribution in [0.5, 0.6) is 0 Å². The highest BCUT2D eigenvalue weighted by molar-refractivity contribution is 7.92. The zero-order valence-electron chi connectivity index (χ0n) is 11.1. The minimum Gasteiger partial charge on any atom is -0.389 e. The maximum atomic E-state index is 12.9. The molecule has 0 amide bonds. The Kier molecular flexibility index (Phi) is 4.24. The third-order valence-corrected chi connectivity index (χ3v) is 4.47. The smallest absolute Gasteiger partial charge is 0.261 e. The number of aryl methyl sites for hydroxylation is 1. The normalized spacial score (nSPS) is 11.1. The van der Waals surface area contributed by atoms with Gasteiger partial charge in [-0.15, -0.1) is 0 Å². The Hall–Kier alpha value is -1.99. The van der Waals surface area contributed by atoms with E-state index in [0.717, 1.165) is 17.7 Å². The molecule has 7 heteroatoms. The number of nitrogens with one attached hydrogen (secondary N) is 1. The number of benzene rings is 2. The Morgan fingerprint density at radius 3 is 2.38 bits per heavy atom. The van der Waals surface area contributed by atoms with E-state index in [2.05, 4.69) is 4.72 Å². The molecule has 0 aromatic heterocycles. The molecule has 3 N–H and O–H groups in total. The van der Waals surface area contributed by atoms with Crippen LogP contribution in [0.15, 0.2) is 47.4 Å². The van der Waals surface area contributed by atoms with Crippen LogP contribution in [0.1, 0.15) is 11.1 Å². The lowest BCUT2D eigenvalue weighted by atomic mass is 10.1. The Bertz CT molecular complexity index is 787. The molecule has 0 aliphatic carbocycles. The molecule has 0 aliphatic rings. The molecule has 2 aromatic rings. The van der Waals surface area contributed by atoms with Gasteiger partial charge in [0.15, 0.2) is 0 Å². The second kappa shape index (κ2) is 5.79. The van der Waals surface area contributed by atoms with Crippen molar-refractivity contribution in [3.63, 3.8) is 0 Å². The van der Waals surface area contributed by atoms with Crippen molar-refractivity contribution < 1.29 is 12.8 Å². The van der Waals surface area contributed by atoms with E-state index in [-0.39, 0.29) is 9.88 Å². The topological polar surface area (TPSA) is 72.2 Å². The van der Waals surface area contributed by atoms with Crippen LogP contribution in [-0.4, -0.2) is 13.4 Å². The first-order valence-electron chi connectivity index (χ1n) is 5.99. The van der Waals surface area contributed by atoms with Crippen LogP contribution in [-0.2, 0) is 10.0 Å². The van der Waals surface area contributed by atoms with Crippen molar-refractivity contribution in [3.8, 4) is 0 Å². The first-order valence-corrected chi connectivity index (χ1v) is 7.88. The van der Waals surface area contributed by atoms with Crippen molar-refractivity contribution in [1.82, 2.24) is 0 Å². The van der Waals surface area contributed by atoms with Gasteiger partial charge in [0, 0.05) is 5.56 Å². The van der Waals surface area contributed by atoms with E-state index in [1.807, 2.05) is 0 Å². The fourth-order valence-corrected chi connectivity index (χ4v) is 3.24. The molecular formula is C14H13FN2O2S2. The molecule has 0 unspecified atom stereocenters. The number of anilines is 1. The summed E-state index contributed by atoms with van der Waals surface area (Å²) in [5.41, 5.74) is 7.17. The quantitative estimate of drug-likeness (QED) is 0.848. The Morgan fingerprint density at radius 1 is 1.19 bits per heavy atom. The average Bonchev–Trinajstić information content (AvgIpc) is 2.38. The largest absolute Gasteiger partial charge is 0.389 e. The van der Waals surface area contributed by atoms with Crippen molar-refractivity contribution in [2.75, 3.05) is 4.72 Å². The number of sulfonamides is 1. The monoisotopic (exact) mass is 324 g/mol. The van der Waals surface area contributed by atoms with E-state index < -0.39 is 15.8 Å². The predicted octanol–water partition coefficient (Wildman–Crippen LogP) is 2.57. The summed E-state index contributed by atoms with van der Waals surface area (Å²) in [7, 11) is -3.83. The molecule has 0 saturated carbocycles. The summed E-state index contributed by atoms with van der Waals surface area (Å²) in [6.45, 7) is 1.78. The van der Waals surface area contributed by atoms with E-state index in [1.165, 1.54) is 12.1 Å². The number of halogens is 1. The summed E-state index contributed by atoms with van der Waals surface area (Å²) in [5, 5.41) is 0. The molecule has 21 heavy (non-hydrogen) atoms. The van der Waals surface area contributed by atoms with E-state index in [1.54, 1.807) is 25.1 Å². The summed E-state index contributed by atoms with van der Waals surface area (Å²) in [6, 6.07) is 9.59. The Labute approximate surface area is 127 Å². The van der Waals surface area contributed by atoms with Gasteiger partial charge >= 0.3 is 0 Å². The summed E-state index contributed by atoms with van der Waals surface area (Å²) in [6.07, 6.45) is 0. The maximum Gasteiger partial charge on any atom is 0.261 e. The molecule has 0 atom stereocenters. The van der Waals surface area contributed by atoms with Gasteiger partial charge in [0.05, 0.1) is 10.6 Å². The van der Waals surface area contributed by atoms with Gasteiger partial charge in [-0.1, -0.05) is 24.4 Å². The average molecular weight is 324 g/mol. The molecule has 0 heterocycles. The zero-order chi connectivity index (χ0) is 15.6. The van der Waals surface area contributed by atoms with Gasteiger partial charge in [0.2, 0.25) is 0 Å². The summed E-state index contributed by atoms with van der Waals surface area (Å²) in [4.78, 5) is 0.0594. The van der Waals surface area contributed by atoms with Gasteiger partial charge in [-0.2, -0.15) is 0 Å². The fourth-order valence-electron chi connectivity index (χ4n) is 1.90. The number of hydrogen-bond donors (Lipinski definition) is 2. The van der Waals surface area contributed by atoms with Crippen LogP contribution in [0.3, 0.4) is 0 Å². The molecular weight excluding hydrogens is 311 g/mol. The second-order valence-electron chi connectivity index (χ2n) is 4.42. The Balaban J connectivity index is 2.44. The van der Waals surface area contributed by atoms with E-state index in [4.69, 9.17) is 18.0 Å². The molecule has 0 bridgehead atoms. The third-order valence-electron chi connectivity index (χ3n) is 2.89. The van der Waals surface area contributed by atoms with Gasteiger partial charge in [-0.05, 0) is 42.8 Å². The molecule has 0 fully saturated rings. The fraction of sp³-hybridized carbons (Fsp3) is 0.0714. The zero-order valence-corrected chi connectivity index (χ0v) is 12.8. The van der Waals surface area contributed by atoms with Gasteiger partial charge in [0.1, 0.15) is 10.8 Å². The minimum atomic E-state index is -3.83. The maximum absolute atomic E-state index is 12.9. The molecule has 4 nitrogen and oxygen atoms in total. The molecule has 0 aliphatic heterocycles. The van der Waals surface area contributed by atoms with E-state index in [0.29, 0.717) is 11.3 Å². The van der Waals surface area contributed by atoms with Gasteiger partial charge in [-0.25, -0.2) is 12.8 Å². The van der Waals surface area contributed by atoms with Crippen molar-refractivity contribution in [1.29, 1.82) is 0 Å². The van der Waals surface area contributed by atoms with Crippen molar-refractivity contribution in [2.45, 2.75) is 11.8 Å². The standard InChI is InChI=1S/C14H13FN2O2S2/c1-9-3-2-4-12(13(9)14(16)20)17-21(18,19)11-7-5-10(15)6-8-11/h2-8,17H,1H3,(H2,16,20). The molecule has 0 saturated heterocycles. The molecule has 0 radical (unpaired) electrons. The number of thiocarbonyl (C=S) groups is 1. The first-order chi connectivity index (χ1) is 9.81. The summed E-state index contributed by atoms with van der Waals surface area (Å²) < 4.78 is 39.9. The van der Waals surface area contributed by atoms with Crippen LogP contribution in [0, 0.1) is 12.7 Å². The van der Waals surface area contributed by atoms with Crippen molar-refractivity contribution in [2.24, 2.45) is 5.73 Å². The highest BCUT2D eigenvalue weighted by atomic mass is 32.2. The van der Waals surface area contributed by atoms with Crippen LogP contribution < -0.4 is 10.5 Å². The van der Waals surface area contributed by atoms with Crippen LogP contribution in [0.2, 0.25) is 0 Å². The lowest BCUT2D eigenvalue weighted by molar-refractivity contribution is 0.599. The first kappa shape index (κ1) is 15.4. The lowest BCUT2D eigenvalue weighted by Crippen LogP contribution is -2.19. The van der Waals surface area contributed by atoms with Crippen molar-refractivity contribution >= 4 is 32.9 Å². The number of rotatable bonds is 4. The highest BCUT2D eigenvalue weighted by Crippen LogP contribution is 2.23. The second-order valence-corrected chi connectivity index (χ2v) is 6.54. The van der Waals surface area contributed by atoms with Crippen molar-refractivity contribution in [3.05, 3.63) is 59.4 Å². The van der Waals surface area contributed by atoms with Gasteiger partial charge in [0.25, 0.3) is 10.0 Å². The summed E-state index contributed by atoms with van der Waals surface area (Å²) in [5.74, 6) is -0.506. The SMILES string of the molecule is Cc1cccc(NS(=O)(=O)c2ccc(F)cc2)c1C(N)=S. The van der Waals surface area contributed by atoms with Crippen LogP contribution in [0.25, 0.3) is 0 Å². The number of nitrogens with two attached hydrogens (primary N) is 1. The molecule has 0 spiro atoms. The third kappa shape index (κ3) is 3.37. The Morgan fingerprint density at radius 2 is 1.81 bits per heavy atom. The molecule has 2 rings (SSSR count). The summed E-state index contributed by atoms with van der Waals surface area (Å²) >= 11 is 4.95. The van der Waals surface area contributed by atoms with E-state index in [9.17, 15) is 12.8 Å².